The molecule has 1 aromatic carbocycles. The Hall–Kier alpha value is -2.69. The van der Waals surface area contributed by atoms with E-state index < -0.39 is 5.91 Å². The van der Waals surface area contributed by atoms with E-state index in [1.165, 1.54) is 5.56 Å². The summed E-state index contributed by atoms with van der Waals surface area (Å²) in [6.45, 7) is 0.373. The van der Waals surface area contributed by atoms with Gasteiger partial charge >= 0.3 is 0 Å². The monoisotopic (exact) mass is 295 g/mol. The summed E-state index contributed by atoms with van der Waals surface area (Å²) in [5.74, 6) is -0.847. The Bertz CT molecular complexity index is 683. The topological polar surface area (TPSA) is 76.3 Å². The van der Waals surface area contributed by atoms with Crippen LogP contribution in [0.3, 0.4) is 0 Å². The molecule has 0 saturated carbocycles. The van der Waals surface area contributed by atoms with Gasteiger partial charge in [0.1, 0.15) is 0 Å². The van der Waals surface area contributed by atoms with Crippen molar-refractivity contribution < 1.29 is 9.59 Å². The van der Waals surface area contributed by atoms with E-state index in [4.69, 9.17) is 5.73 Å². The summed E-state index contributed by atoms with van der Waals surface area (Å²) in [6.07, 6.45) is 4.57. The van der Waals surface area contributed by atoms with E-state index in [1.54, 1.807) is 17.3 Å². The largest absolute Gasteiger partial charge is 0.369 e. The lowest BCUT2D eigenvalue weighted by Crippen LogP contribution is -2.28. The average Bonchev–Trinajstić information content (AvgIpc) is 2.91. The van der Waals surface area contributed by atoms with Crippen LogP contribution in [0.2, 0.25) is 0 Å². The Morgan fingerprint density at radius 1 is 1.14 bits per heavy atom. The highest BCUT2D eigenvalue weighted by Gasteiger charge is 2.33. The molecule has 1 fully saturated rings. The van der Waals surface area contributed by atoms with Crippen molar-refractivity contribution in [3.8, 4) is 0 Å². The molecule has 0 bridgehead atoms. The van der Waals surface area contributed by atoms with Crippen LogP contribution >= 0.6 is 0 Å². The van der Waals surface area contributed by atoms with E-state index in [2.05, 4.69) is 4.98 Å². The zero-order valence-corrected chi connectivity index (χ0v) is 12.1. The third kappa shape index (κ3) is 2.98. The van der Waals surface area contributed by atoms with Crippen molar-refractivity contribution in [1.82, 2.24) is 4.98 Å². The second kappa shape index (κ2) is 5.97. The number of anilines is 1. The van der Waals surface area contributed by atoms with Crippen LogP contribution in [0.25, 0.3) is 0 Å². The minimum atomic E-state index is -0.412. The molecule has 2 N–H and O–H groups in total. The maximum absolute atomic E-state index is 12.0. The fourth-order valence-corrected chi connectivity index (χ4v) is 2.68. The molecule has 1 unspecified atom stereocenters. The smallest absolute Gasteiger partial charge is 0.227 e. The highest BCUT2D eigenvalue weighted by Crippen LogP contribution is 2.25. The van der Waals surface area contributed by atoms with E-state index in [-0.39, 0.29) is 18.2 Å². The Kier molecular flexibility index (Phi) is 3.87. The highest BCUT2D eigenvalue weighted by atomic mass is 16.2. The summed E-state index contributed by atoms with van der Waals surface area (Å²) in [7, 11) is 0. The fourth-order valence-electron chi connectivity index (χ4n) is 2.68. The molecule has 22 heavy (non-hydrogen) atoms. The highest BCUT2D eigenvalue weighted by molar-refractivity contribution is 6.00. The Morgan fingerprint density at radius 3 is 2.36 bits per heavy atom. The zero-order chi connectivity index (χ0) is 15.5. The third-order valence-electron chi connectivity index (χ3n) is 3.93. The first-order valence-corrected chi connectivity index (χ1v) is 7.21. The molecule has 5 heteroatoms. The molecule has 2 heterocycles. The SMILES string of the molecule is NC(=O)C1CC(=O)N(c2ccc(Cc3ccncc3)cc2)C1. The van der Waals surface area contributed by atoms with Gasteiger partial charge in [-0.1, -0.05) is 12.1 Å². The first kappa shape index (κ1) is 14.3. The first-order chi connectivity index (χ1) is 10.6. The Labute approximate surface area is 128 Å². The van der Waals surface area contributed by atoms with Crippen LogP contribution in [0.15, 0.2) is 48.8 Å². The molecule has 0 radical (unpaired) electrons. The Balaban J connectivity index is 1.72. The van der Waals surface area contributed by atoms with Crippen LogP contribution in [0, 0.1) is 5.92 Å². The van der Waals surface area contributed by atoms with Gasteiger partial charge in [0, 0.05) is 31.0 Å². The molecule has 5 nitrogen and oxygen atoms in total. The minimum Gasteiger partial charge on any atom is -0.369 e. The lowest BCUT2D eigenvalue weighted by Gasteiger charge is -2.16. The molecule has 2 amide bonds. The average molecular weight is 295 g/mol. The third-order valence-corrected chi connectivity index (χ3v) is 3.93. The molecule has 1 aliphatic heterocycles. The number of primary amides is 1. The summed E-state index contributed by atoms with van der Waals surface area (Å²) in [6, 6.07) is 11.8. The minimum absolute atomic E-state index is 0.0503. The van der Waals surface area contributed by atoms with Gasteiger partial charge in [-0.3, -0.25) is 14.6 Å². The van der Waals surface area contributed by atoms with Crippen molar-refractivity contribution in [2.24, 2.45) is 11.7 Å². The van der Waals surface area contributed by atoms with Crippen molar-refractivity contribution in [2.45, 2.75) is 12.8 Å². The quantitative estimate of drug-likeness (QED) is 0.929. The van der Waals surface area contributed by atoms with Crippen LogP contribution in [-0.2, 0) is 16.0 Å². The Morgan fingerprint density at radius 2 is 1.77 bits per heavy atom. The number of hydrogen-bond acceptors (Lipinski definition) is 3. The van der Waals surface area contributed by atoms with E-state index in [9.17, 15) is 9.59 Å². The van der Waals surface area contributed by atoms with Gasteiger partial charge in [0.25, 0.3) is 0 Å². The summed E-state index contributed by atoms with van der Waals surface area (Å²) in [5, 5.41) is 0. The lowest BCUT2D eigenvalue weighted by atomic mass is 10.1. The molecule has 0 aliphatic carbocycles. The van der Waals surface area contributed by atoms with Crippen molar-refractivity contribution in [3.63, 3.8) is 0 Å². The molecule has 2 aromatic rings. The molecule has 112 valence electrons. The lowest BCUT2D eigenvalue weighted by molar-refractivity contribution is -0.123. The van der Waals surface area contributed by atoms with Gasteiger partial charge in [-0.25, -0.2) is 0 Å². The van der Waals surface area contributed by atoms with Gasteiger partial charge in [-0.15, -0.1) is 0 Å². The molecular formula is C17H17N3O2. The number of carbonyl (C=O) groups is 2. The molecule has 0 spiro atoms. The predicted octanol–water partition coefficient (Wildman–Crippen LogP) is 1.51. The van der Waals surface area contributed by atoms with E-state index >= 15 is 0 Å². The van der Waals surface area contributed by atoms with E-state index in [0.29, 0.717) is 6.54 Å². The molecule has 1 atom stereocenters. The number of benzene rings is 1. The summed E-state index contributed by atoms with van der Waals surface area (Å²) < 4.78 is 0. The number of carbonyl (C=O) groups excluding carboxylic acids is 2. The summed E-state index contributed by atoms with van der Waals surface area (Å²) in [4.78, 5) is 28.8. The fraction of sp³-hybridized carbons (Fsp3) is 0.235. The second-order valence-electron chi connectivity index (χ2n) is 5.51. The van der Waals surface area contributed by atoms with Crippen molar-refractivity contribution in [1.29, 1.82) is 0 Å². The maximum Gasteiger partial charge on any atom is 0.227 e. The summed E-state index contributed by atoms with van der Waals surface area (Å²) in [5.41, 5.74) is 8.45. The van der Waals surface area contributed by atoms with E-state index in [0.717, 1.165) is 17.7 Å². The van der Waals surface area contributed by atoms with Crippen LogP contribution in [0.1, 0.15) is 17.5 Å². The number of hydrogen-bond donors (Lipinski definition) is 1. The van der Waals surface area contributed by atoms with Gasteiger partial charge in [0.15, 0.2) is 0 Å². The number of nitrogens with zero attached hydrogens (tertiary/aromatic N) is 2. The number of rotatable bonds is 4. The normalized spacial score (nSPS) is 17.7. The van der Waals surface area contributed by atoms with Crippen LogP contribution in [0.5, 0.6) is 0 Å². The molecule has 1 aliphatic rings. The molecule has 3 rings (SSSR count). The van der Waals surface area contributed by atoms with Crippen molar-refractivity contribution in [2.75, 3.05) is 11.4 Å². The molecule has 1 aromatic heterocycles. The van der Waals surface area contributed by atoms with Crippen LogP contribution in [0.4, 0.5) is 5.69 Å². The van der Waals surface area contributed by atoms with Crippen LogP contribution < -0.4 is 10.6 Å². The maximum atomic E-state index is 12.0. The predicted molar refractivity (Wildman–Crippen MR) is 83.1 cm³/mol. The summed E-state index contributed by atoms with van der Waals surface area (Å²) >= 11 is 0. The zero-order valence-electron chi connectivity index (χ0n) is 12.1. The molecular weight excluding hydrogens is 278 g/mol. The van der Waals surface area contributed by atoms with Gasteiger partial charge in [-0.2, -0.15) is 0 Å². The van der Waals surface area contributed by atoms with Gasteiger partial charge in [-0.05, 0) is 41.8 Å². The van der Waals surface area contributed by atoms with Crippen molar-refractivity contribution >= 4 is 17.5 Å². The van der Waals surface area contributed by atoms with E-state index in [1.807, 2.05) is 36.4 Å². The number of amides is 2. The number of aromatic nitrogens is 1. The van der Waals surface area contributed by atoms with Gasteiger partial charge in [0.05, 0.1) is 5.92 Å². The number of pyridine rings is 1. The second-order valence-corrected chi connectivity index (χ2v) is 5.51. The molecule has 1 saturated heterocycles. The van der Waals surface area contributed by atoms with Crippen molar-refractivity contribution in [3.05, 3.63) is 59.9 Å². The first-order valence-electron chi connectivity index (χ1n) is 7.21. The standard InChI is InChI=1S/C17H17N3O2/c18-17(22)14-10-16(21)20(11-14)15-3-1-12(2-4-15)9-13-5-7-19-8-6-13/h1-8,14H,9-11H2,(H2,18,22). The van der Waals surface area contributed by atoms with Gasteiger partial charge in [0.2, 0.25) is 11.8 Å². The number of nitrogens with two attached hydrogens (primary N) is 1. The van der Waals surface area contributed by atoms with Crippen LogP contribution in [-0.4, -0.2) is 23.3 Å². The van der Waals surface area contributed by atoms with Gasteiger partial charge < -0.3 is 10.6 Å².